The second-order valence-electron chi connectivity index (χ2n) is 3.70. The minimum absolute atomic E-state index is 0.0812. The predicted molar refractivity (Wildman–Crippen MR) is 75.9 cm³/mol. The molecule has 19 heavy (non-hydrogen) atoms. The number of halogens is 4. The average molecular weight is 354 g/mol. The van der Waals surface area contributed by atoms with Crippen LogP contribution in [0.4, 0.5) is 0 Å². The van der Waals surface area contributed by atoms with E-state index in [0.29, 0.717) is 0 Å². The first kappa shape index (κ1) is 19.1. The molecule has 112 valence electrons. The molecule has 0 saturated heterocycles. The van der Waals surface area contributed by atoms with Gasteiger partial charge in [-0.2, -0.15) is 0 Å². The lowest BCUT2D eigenvalue weighted by atomic mass is 9.99. The molecule has 0 aliphatic carbocycles. The van der Waals surface area contributed by atoms with E-state index >= 15 is 0 Å². The Morgan fingerprint density at radius 3 is 2.05 bits per heavy atom. The fourth-order valence-corrected chi connectivity index (χ4v) is 2.53. The van der Waals surface area contributed by atoms with Gasteiger partial charge >= 0.3 is 11.9 Å². The molecular weight excluding hydrogens is 338 g/mol. The highest BCUT2D eigenvalue weighted by Crippen LogP contribution is 2.36. The molecule has 0 amide bonds. The second-order valence-corrected chi connectivity index (χ2v) is 6.78. The largest absolute Gasteiger partial charge is 0.466 e. The van der Waals surface area contributed by atoms with E-state index in [0.717, 1.165) is 0 Å². The van der Waals surface area contributed by atoms with E-state index in [9.17, 15) is 9.59 Å². The van der Waals surface area contributed by atoms with Gasteiger partial charge in [-0.15, -0.1) is 11.6 Å². The molecule has 0 aliphatic heterocycles. The Morgan fingerprint density at radius 2 is 1.63 bits per heavy atom. The number of rotatable bonds is 7. The number of hydrogen-bond donors (Lipinski definition) is 0. The van der Waals surface area contributed by atoms with Crippen LogP contribution in [-0.2, 0) is 19.1 Å². The van der Waals surface area contributed by atoms with Crippen molar-refractivity contribution in [2.24, 2.45) is 5.92 Å². The van der Waals surface area contributed by atoms with Crippen LogP contribution < -0.4 is 0 Å². The molecule has 4 nitrogen and oxygen atoms in total. The van der Waals surface area contributed by atoms with Gasteiger partial charge in [0.2, 0.25) is 0 Å². The maximum atomic E-state index is 11.8. The van der Waals surface area contributed by atoms with Crippen molar-refractivity contribution in [2.45, 2.75) is 35.9 Å². The maximum Gasteiger partial charge on any atom is 0.311 e. The minimum Gasteiger partial charge on any atom is -0.466 e. The molecule has 0 rings (SSSR count). The summed E-state index contributed by atoms with van der Waals surface area (Å²) in [4.78, 5) is 23.2. The summed E-state index contributed by atoms with van der Waals surface area (Å²) in [5, 5.41) is -0.837. The van der Waals surface area contributed by atoms with Crippen LogP contribution in [0.5, 0.6) is 0 Å². The van der Waals surface area contributed by atoms with Crippen LogP contribution >= 0.6 is 46.4 Å². The highest BCUT2D eigenvalue weighted by atomic mass is 35.6. The number of esters is 2. The van der Waals surface area contributed by atoms with Crippen LogP contribution in [-0.4, -0.2) is 34.3 Å². The lowest BCUT2D eigenvalue weighted by Gasteiger charge is -2.22. The van der Waals surface area contributed by atoms with Crippen molar-refractivity contribution in [3.05, 3.63) is 0 Å². The Bertz CT molecular complexity index is 304. The topological polar surface area (TPSA) is 52.6 Å². The van der Waals surface area contributed by atoms with E-state index in [1.807, 2.05) is 0 Å². The highest BCUT2D eigenvalue weighted by molar-refractivity contribution is 6.67. The van der Waals surface area contributed by atoms with Gasteiger partial charge in [0.15, 0.2) is 3.79 Å². The molecule has 0 spiro atoms. The summed E-state index contributed by atoms with van der Waals surface area (Å²) in [6.45, 7) is 3.70. The number of carbonyl (C=O) groups is 2. The summed E-state index contributed by atoms with van der Waals surface area (Å²) in [6.07, 6.45) is -0.288. The fraction of sp³-hybridized carbons (Fsp3) is 0.818. The third-order valence-corrected chi connectivity index (χ3v) is 3.07. The Balaban J connectivity index is 4.74. The standard InChI is InChI=1S/C11H16Cl4O4/c1-3-18-9(16)5-7(10(17)19-4-2)8(12)6-11(13,14)15/h7-8H,3-6H2,1-2H3. The monoisotopic (exact) mass is 352 g/mol. The van der Waals surface area contributed by atoms with Crippen LogP contribution in [0.1, 0.15) is 26.7 Å². The second kappa shape index (κ2) is 9.11. The molecule has 2 atom stereocenters. The first-order valence-electron chi connectivity index (χ1n) is 5.74. The van der Waals surface area contributed by atoms with E-state index in [2.05, 4.69) is 0 Å². The Labute approximate surface area is 132 Å². The van der Waals surface area contributed by atoms with Crippen molar-refractivity contribution in [1.29, 1.82) is 0 Å². The SMILES string of the molecule is CCOC(=O)CC(C(=O)OCC)C(Cl)CC(Cl)(Cl)Cl. The van der Waals surface area contributed by atoms with Crippen molar-refractivity contribution in [2.75, 3.05) is 13.2 Å². The lowest BCUT2D eigenvalue weighted by Crippen LogP contribution is -2.32. The Kier molecular flexibility index (Phi) is 9.16. The number of hydrogen-bond acceptors (Lipinski definition) is 4. The Morgan fingerprint density at radius 1 is 1.11 bits per heavy atom. The van der Waals surface area contributed by atoms with E-state index in [-0.39, 0.29) is 26.1 Å². The molecule has 0 aromatic carbocycles. The summed E-state index contributed by atoms with van der Waals surface area (Å²) < 4.78 is 8.03. The predicted octanol–water partition coefficient (Wildman–Crippen LogP) is 3.49. The molecule has 0 saturated carbocycles. The molecule has 0 aliphatic rings. The molecule has 0 fully saturated rings. The number of carbonyl (C=O) groups excluding carboxylic acids is 2. The summed E-state index contributed by atoms with van der Waals surface area (Å²) in [5.41, 5.74) is 0. The molecule has 0 heterocycles. The van der Waals surface area contributed by atoms with Gasteiger partial charge in [-0.25, -0.2) is 0 Å². The van der Waals surface area contributed by atoms with Gasteiger partial charge in [0.25, 0.3) is 0 Å². The first-order valence-corrected chi connectivity index (χ1v) is 7.31. The van der Waals surface area contributed by atoms with Crippen LogP contribution in [0.2, 0.25) is 0 Å². The summed E-state index contributed by atoms with van der Waals surface area (Å²) in [7, 11) is 0. The smallest absolute Gasteiger partial charge is 0.311 e. The van der Waals surface area contributed by atoms with Crippen molar-refractivity contribution in [3.63, 3.8) is 0 Å². The first-order chi connectivity index (χ1) is 8.71. The third-order valence-electron chi connectivity index (χ3n) is 2.14. The van der Waals surface area contributed by atoms with Crippen molar-refractivity contribution >= 4 is 58.3 Å². The molecule has 0 N–H and O–H groups in total. The van der Waals surface area contributed by atoms with Crippen LogP contribution in [0, 0.1) is 5.92 Å². The van der Waals surface area contributed by atoms with Gasteiger partial charge in [0.05, 0.1) is 30.9 Å². The van der Waals surface area contributed by atoms with E-state index in [4.69, 9.17) is 55.9 Å². The lowest BCUT2D eigenvalue weighted by molar-refractivity contribution is -0.154. The summed E-state index contributed by atoms with van der Waals surface area (Å²) in [5.74, 6) is -2.06. The molecule has 2 unspecified atom stereocenters. The van der Waals surface area contributed by atoms with Gasteiger partial charge in [0.1, 0.15) is 0 Å². The van der Waals surface area contributed by atoms with E-state index in [1.165, 1.54) is 0 Å². The van der Waals surface area contributed by atoms with Crippen molar-refractivity contribution < 1.29 is 19.1 Å². The number of alkyl halides is 4. The van der Waals surface area contributed by atoms with Gasteiger partial charge < -0.3 is 9.47 Å². The molecule has 8 heteroatoms. The molecule has 0 bridgehead atoms. The number of ether oxygens (including phenoxy) is 2. The Hall–Kier alpha value is 0.1000. The third kappa shape index (κ3) is 8.79. The summed E-state index contributed by atoms with van der Waals surface area (Å²) >= 11 is 22.9. The van der Waals surface area contributed by atoms with E-state index < -0.39 is 27.0 Å². The van der Waals surface area contributed by atoms with Gasteiger partial charge in [-0.3, -0.25) is 9.59 Å². The van der Waals surface area contributed by atoms with E-state index in [1.54, 1.807) is 13.8 Å². The van der Waals surface area contributed by atoms with Crippen LogP contribution in [0.15, 0.2) is 0 Å². The van der Waals surface area contributed by atoms with Gasteiger partial charge in [0, 0.05) is 6.42 Å². The maximum absolute atomic E-state index is 11.8. The molecule has 0 radical (unpaired) electrons. The van der Waals surface area contributed by atoms with Gasteiger partial charge in [-0.05, 0) is 13.8 Å². The van der Waals surface area contributed by atoms with Crippen LogP contribution in [0.25, 0.3) is 0 Å². The quantitative estimate of drug-likeness (QED) is 0.519. The van der Waals surface area contributed by atoms with Crippen molar-refractivity contribution in [3.8, 4) is 0 Å². The van der Waals surface area contributed by atoms with Gasteiger partial charge in [-0.1, -0.05) is 34.8 Å². The fourth-order valence-electron chi connectivity index (χ4n) is 1.37. The zero-order valence-corrected chi connectivity index (χ0v) is 13.7. The molecular formula is C11H16Cl4O4. The van der Waals surface area contributed by atoms with Crippen LogP contribution in [0.3, 0.4) is 0 Å². The zero-order valence-electron chi connectivity index (χ0n) is 10.6. The zero-order chi connectivity index (χ0) is 15.1. The summed E-state index contributed by atoms with van der Waals surface area (Å²) in [6, 6.07) is 0. The van der Waals surface area contributed by atoms with Crippen molar-refractivity contribution in [1.82, 2.24) is 0 Å². The molecule has 0 aromatic rings. The normalized spacial score (nSPS) is 14.6. The highest BCUT2D eigenvalue weighted by Gasteiger charge is 2.36. The molecule has 0 aromatic heterocycles. The minimum atomic E-state index is -1.61. The average Bonchev–Trinajstić information content (AvgIpc) is 2.24.